The molecule has 0 saturated carbocycles. The van der Waals surface area contributed by atoms with Crippen molar-refractivity contribution in [3.05, 3.63) is 387 Å². The van der Waals surface area contributed by atoms with Crippen LogP contribution in [0.1, 0.15) is 16.7 Å². The summed E-state index contributed by atoms with van der Waals surface area (Å²) in [6.07, 6.45) is 7.24. The van der Waals surface area contributed by atoms with Gasteiger partial charge in [0.1, 0.15) is 34.0 Å². The van der Waals surface area contributed by atoms with Crippen LogP contribution in [-0.2, 0) is 20.1 Å². The van der Waals surface area contributed by atoms with Crippen molar-refractivity contribution in [1.29, 1.82) is 0 Å². The first-order valence-electron chi connectivity index (χ1n) is 36.3. The monoisotopic (exact) mass is 1580 g/mol. The predicted octanol–water partition coefficient (Wildman–Crippen LogP) is 24.2. The molecule has 0 spiro atoms. The number of rotatable bonds is 11. The van der Waals surface area contributed by atoms with Crippen molar-refractivity contribution < 1.29 is 20.1 Å². The van der Waals surface area contributed by atoms with E-state index in [4.69, 9.17) is 29.9 Å². The van der Waals surface area contributed by atoms with Crippen LogP contribution in [0.25, 0.3) is 173 Å². The minimum absolute atomic E-state index is 0. The van der Waals surface area contributed by atoms with Crippen molar-refractivity contribution in [3.8, 4) is 107 Å². The van der Waals surface area contributed by atoms with E-state index in [9.17, 15) is 0 Å². The molecule has 20 aromatic rings. The normalized spacial score (nSPS) is 11.2. The number of benzene rings is 13. The molecular weight excluding hydrogens is 1510 g/mol. The van der Waals surface area contributed by atoms with Crippen molar-refractivity contribution in [2.24, 2.45) is 0 Å². The summed E-state index contributed by atoms with van der Waals surface area (Å²) in [6.45, 7) is 6.35. The molecule has 0 aliphatic heterocycles. The second-order valence-corrected chi connectivity index (χ2v) is 26.8. The van der Waals surface area contributed by atoms with E-state index >= 15 is 0 Å². The maximum atomic E-state index is 5.27. The van der Waals surface area contributed by atoms with E-state index in [2.05, 4.69) is 306 Å². The third-order valence-electron chi connectivity index (χ3n) is 20.1. The van der Waals surface area contributed by atoms with Crippen LogP contribution in [-0.4, -0.2) is 48.6 Å². The summed E-state index contributed by atoms with van der Waals surface area (Å²) in [6, 6.07) is 122. The average molecular weight is 1580 g/mol. The Labute approximate surface area is 645 Å². The molecule has 7 aromatic heterocycles. The van der Waals surface area contributed by atoms with E-state index in [1.807, 2.05) is 97.5 Å². The minimum atomic E-state index is 0. The standard InChI is InChI=1S/C45H33N9.C42H28.C11H8N.Ir/c1-28-13-4-7-19-37(28)52-40(49-34-16-10-22-46-43(34)52)31-25-32(41-50-35-17-11-23-47-44(35)53(41)38-20-8-5-14-29(38)2)27-33(26-31)42-51-36-18-12-24-48-45(36)54(42)39-21-9-6-15-30(39)3;1-5-17-29(18-6-1)37-33-25-13-14-26-34(33)39(31-21-9-3-10-22-31)42-40(32-23-11-4-12-24-32)36-28-16-15-27-35(36)38(41(37)42)30-19-7-2-8-20-30;1-2-6-10(7-3-1)11-8-4-5-9-12-11;/h4-27H,1-3H3;1-28H;1-6,8-9H;/q;;-1;. The summed E-state index contributed by atoms with van der Waals surface area (Å²) in [7, 11) is 0. The molecule has 0 aliphatic rings. The summed E-state index contributed by atoms with van der Waals surface area (Å²) in [5.74, 6) is 2.28. The Morgan fingerprint density at radius 1 is 0.257 bits per heavy atom. The molecule has 20 rings (SSSR count). The van der Waals surface area contributed by atoms with Crippen molar-refractivity contribution in [3.63, 3.8) is 0 Å². The summed E-state index contributed by atoms with van der Waals surface area (Å²) < 4.78 is 6.47. The second-order valence-electron chi connectivity index (χ2n) is 26.8. The predicted molar refractivity (Wildman–Crippen MR) is 443 cm³/mol. The van der Waals surface area contributed by atoms with Crippen LogP contribution in [0.15, 0.2) is 365 Å². The molecule has 0 fully saturated rings. The molecule has 521 valence electrons. The van der Waals surface area contributed by atoms with Gasteiger partial charge in [0, 0.05) is 61.6 Å². The van der Waals surface area contributed by atoms with Crippen LogP contribution in [0.5, 0.6) is 0 Å². The number of aryl methyl sites for hydroxylation is 3. The Kier molecular flexibility index (Phi) is 18.9. The summed E-state index contributed by atoms with van der Waals surface area (Å²) >= 11 is 0. The zero-order valence-electron chi connectivity index (χ0n) is 59.9. The van der Waals surface area contributed by atoms with Gasteiger partial charge in [0.05, 0.1) is 17.1 Å². The zero-order chi connectivity index (χ0) is 72.4. The van der Waals surface area contributed by atoms with Gasteiger partial charge < -0.3 is 4.98 Å². The van der Waals surface area contributed by atoms with Crippen molar-refractivity contribution in [1.82, 2.24) is 48.6 Å². The fourth-order valence-electron chi connectivity index (χ4n) is 15.3. The Morgan fingerprint density at radius 2 is 0.550 bits per heavy atom. The van der Waals surface area contributed by atoms with Crippen LogP contribution >= 0.6 is 0 Å². The van der Waals surface area contributed by atoms with Crippen molar-refractivity contribution in [2.75, 3.05) is 0 Å². The first kappa shape index (κ1) is 68.4. The topological polar surface area (TPSA) is 105 Å². The van der Waals surface area contributed by atoms with Gasteiger partial charge in [0.2, 0.25) is 0 Å². The molecule has 0 aliphatic carbocycles. The molecule has 0 saturated heterocycles. The Balaban J connectivity index is 0.000000140. The Morgan fingerprint density at radius 3 is 0.853 bits per heavy atom. The van der Waals surface area contributed by atoms with Gasteiger partial charge >= 0.3 is 0 Å². The fourth-order valence-corrected chi connectivity index (χ4v) is 15.3. The van der Waals surface area contributed by atoms with E-state index < -0.39 is 0 Å². The minimum Gasteiger partial charge on any atom is -0.305 e. The Hall–Kier alpha value is -13.7. The number of pyridine rings is 4. The summed E-state index contributed by atoms with van der Waals surface area (Å²) in [5.41, 5.74) is 25.8. The van der Waals surface area contributed by atoms with E-state index in [0.29, 0.717) is 0 Å². The van der Waals surface area contributed by atoms with Crippen LogP contribution in [0, 0.1) is 26.8 Å². The van der Waals surface area contributed by atoms with Gasteiger partial charge in [-0.1, -0.05) is 237 Å². The maximum Gasteiger partial charge on any atom is 0.164 e. The smallest absolute Gasteiger partial charge is 0.164 e. The first-order chi connectivity index (χ1) is 53.4. The van der Waals surface area contributed by atoms with E-state index in [1.165, 1.54) is 76.8 Å². The van der Waals surface area contributed by atoms with E-state index in [0.717, 1.165) is 113 Å². The number of hydrogen-bond donors (Lipinski definition) is 0. The largest absolute Gasteiger partial charge is 0.305 e. The number of aromatic nitrogens is 10. The third kappa shape index (κ3) is 12.8. The van der Waals surface area contributed by atoms with Gasteiger partial charge in [0.15, 0.2) is 16.9 Å². The van der Waals surface area contributed by atoms with Crippen molar-refractivity contribution >= 4 is 65.8 Å². The van der Waals surface area contributed by atoms with Gasteiger partial charge in [0.25, 0.3) is 0 Å². The van der Waals surface area contributed by atoms with Crippen molar-refractivity contribution in [2.45, 2.75) is 20.8 Å². The van der Waals surface area contributed by atoms with Gasteiger partial charge in [-0.05, 0) is 199 Å². The SMILES string of the molecule is Cc1ccccc1-n1c(-c2cc(-c3nc4cccnc4n3-c3ccccc3C)cc(-c3nc4cccnc4n3-c3ccccc3C)c2)nc2cccnc21.[Ir].[c-]1ccccc1-c1ccccn1.c1ccc(-c2c3ccccc3c(-c3ccccc3)c3c(-c4ccccc4)c4ccccc4c(-c4ccccc4)c23)cc1. The van der Waals surface area contributed by atoms with Gasteiger partial charge in [-0.3, -0.25) is 13.7 Å². The molecule has 10 nitrogen and oxygen atoms in total. The molecule has 7 heterocycles. The molecular formula is C98H69IrN10-. The fraction of sp³-hybridized carbons (Fsp3) is 0.0306. The molecule has 109 heavy (non-hydrogen) atoms. The number of imidazole rings is 3. The van der Waals surface area contributed by atoms with Crippen LogP contribution < -0.4 is 0 Å². The molecule has 13 aromatic carbocycles. The van der Waals surface area contributed by atoms with Crippen LogP contribution in [0.2, 0.25) is 0 Å². The van der Waals surface area contributed by atoms with Crippen LogP contribution in [0.4, 0.5) is 0 Å². The average Bonchev–Trinajstić information content (AvgIpc) is 1.50. The second kappa shape index (κ2) is 30.0. The number of fused-ring (bicyclic) bond motifs is 6. The first-order valence-corrected chi connectivity index (χ1v) is 36.3. The van der Waals surface area contributed by atoms with E-state index in [1.54, 1.807) is 6.20 Å². The molecule has 0 N–H and O–H groups in total. The number of para-hydroxylation sites is 3. The quantitative estimate of drug-likeness (QED) is 0.0938. The zero-order valence-corrected chi connectivity index (χ0v) is 62.3. The van der Waals surface area contributed by atoms with Gasteiger partial charge in [-0.2, -0.15) is 0 Å². The maximum absolute atomic E-state index is 5.27. The number of hydrogen-bond acceptors (Lipinski definition) is 7. The number of nitrogens with zero attached hydrogens (tertiary/aromatic N) is 10. The van der Waals surface area contributed by atoms with Crippen LogP contribution in [0.3, 0.4) is 0 Å². The molecule has 11 heteroatoms. The van der Waals surface area contributed by atoms with E-state index in [-0.39, 0.29) is 20.1 Å². The molecule has 0 atom stereocenters. The third-order valence-corrected chi connectivity index (χ3v) is 20.1. The summed E-state index contributed by atoms with van der Waals surface area (Å²) in [5, 5.41) is 7.65. The molecule has 0 amide bonds. The molecule has 0 bridgehead atoms. The molecule has 1 radical (unpaired) electrons. The van der Waals surface area contributed by atoms with Gasteiger partial charge in [-0.25, -0.2) is 29.9 Å². The molecule has 0 unspecified atom stereocenters. The van der Waals surface area contributed by atoms with Gasteiger partial charge in [-0.15, -0.1) is 35.9 Å². The summed E-state index contributed by atoms with van der Waals surface area (Å²) in [4.78, 5) is 34.5. The Bertz CT molecular complexity index is 6010.